The van der Waals surface area contributed by atoms with Crippen LogP contribution in [0, 0.1) is 5.92 Å². The average Bonchev–Trinajstić information content (AvgIpc) is 3.57. The molecule has 4 atom stereocenters. The van der Waals surface area contributed by atoms with E-state index in [-0.39, 0.29) is 24.9 Å². The third-order valence-electron chi connectivity index (χ3n) is 8.96. The lowest BCUT2D eigenvalue weighted by Gasteiger charge is -2.29. The quantitative estimate of drug-likeness (QED) is 0.402. The zero-order valence-corrected chi connectivity index (χ0v) is 25.1. The summed E-state index contributed by atoms with van der Waals surface area (Å²) in [6.07, 6.45) is 7.57. The highest BCUT2D eigenvalue weighted by Crippen LogP contribution is 2.45. The predicted octanol–water partition coefficient (Wildman–Crippen LogP) is 4.87. The van der Waals surface area contributed by atoms with Gasteiger partial charge in [0.2, 0.25) is 5.91 Å². The first-order chi connectivity index (χ1) is 21.3. The van der Waals surface area contributed by atoms with E-state index in [1.165, 1.54) is 4.90 Å². The zero-order valence-electron chi connectivity index (χ0n) is 25.1. The highest BCUT2D eigenvalue weighted by atomic mass is 16.5. The number of carboxylic acid groups (broad SMARTS) is 1. The van der Waals surface area contributed by atoms with Crippen molar-refractivity contribution < 1.29 is 29.0 Å². The second-order valence-corrected chi connectivity index (χ2v) is 12.0. The van der Waals surface area contributed by atoms with Crippen molar-refractivity contribution in [1.29, 1.82) is 0 Å². The van der Waals surface area contributed by atoms with Crippen molar-refractivity contribution in [3.63, 3.8) is 0 Å². The summed E-state index contributed by atoms with van der Waals surface area (Å²) < 4.78 is 12.0. The molecule has 0 bridgehead atoms. The second-order valence-electron chi connectivity index (χ2n) is 12.0. The Morgan fingerprint density at radius 2 is 1.91 bits per heavy atom. The molecule has 10 heteroatoms. The maximum absolute atomic E-state index is 13.8. The van der Waals surface area contributed by atoms with Gasteiger partial charge in [-0.2, -0.15) is 0 Å². The van der Waals surface area contributed by atoms with Crippen LogP contribution < -0.4 is 14.8 Å². The zero-order chi connectivity index (χ0) is 30.8. The van der Waals surface area contributed by atoms with E-state index in [9.17, 15) is 19.5 Å². The summed E-state index contributed by atoms with van der Waals surface area (Å²) >= 11 is 0. The molecule has 2 aliphatic heterocycles. The molecule has 0 unspecified atom stereocenters. The predicted molar refractivity (Wildman–Crippen MR) is 166 cm³/mol. The Labute approximate surface area is 256 Å². The van der Waals surface area contributed by atoms with E-state index in [1.54, 1.807) is 19.1 Å². The molecule has 3 heterocycles. The third kappa shape index (κ3) is 5.80. The van der Waals surface area contributed by atoms with Gasteiger partial charge in [-0.25, -0.2) is 14.6 Å². The molecule has 1 aliphatic carbocycles. The Bertz CT molecular complexity index is 1590. The van der Waals surface area contributed by atoms with Crippen LogP contribution in [0.3, 0.4) is 0 Å². The fraction of sp³-hybridized carbons (Fsp3) is 0.412. The van der Waals surface area contributed by atoms with Gasteiger partial charge in [-0.1, -0.05) is 48.9 Å². The van der Waals surface area contributed by atoms with Gasteiger partial charge in [0.25, 0.3) is 0 Å². The first kappa shape index (κ1) is 29.5. The van der Waals surface area contributed by atoms with Gasteiger partial charge in [-0.3, -0.25) is 4.79 Å². The van der Waals surface area contributed by atoms with Crippen LogP contribution in [0.2, 0.25) is 0 Å². The number of carbonyl (C=O) groups is 3. The topological polar surface area (TPSA) is 121 Å². The number of rotatable bonds is 5. The second kappa shape index (κ2) is 12.2. The van der Waals surface area contributed by atoms with E-state index in [2.05, 4.69) is 5.32 Å². The first-order valence-corrected chi connectivity index (χ1v) is 15.2. The normalized spacial score (nSPS) is 26.5. The lowest BCUT2D eigenvalue weighted by atomic mass is 10.1. The number of nitrogens with one attached hydrogen (secondary N) is 1. The summed E-state index contributed by atoms with van der Waals surface area (Å²) in [5.41, 5.74) is 0.986. The molecule has 2 aromatic carbocycles. The summed E-state index contributed by atoms with van der Waals surface area (Å²) in [4.78, 5) is 47.8. The Balaban J connectivity index is 1.32. The molecule has 1 aromatic heterocycles. The highest BCUT2D eigenvalue weighted by molar-refractivity contribution is 5.95. The molecule has 2 fully saturated rings. The number of aliphatic carboxylic acids is 1. The van der Waals surface area contributed by atoms with E-state index in [4.69, 9.17) is 14.5 Å². The van der Waals surface area contributed by atoms with Gasteiger partial charge >= 0.3 is 12.0 Å². The molecule has 10 nitrogen and oxygen atoms in total. The molecule has 6 rings (SSSR count). The van der Waals surface area contributed by atoms with E-state index >= 15 is 0 Å². The maximum Gasteiger partial charge on any atom is 0.330 e. The Kier molecular flexibility index (Phi) is 8.16. The molecule has 0 radical (unpaired) electrons. The first-order valence-electron chi connectivity index (χ1n) is 15.2. The summed E-state index contributed by atoms with van der Waals surface area (Å²) in [5.74, 6) is -0.553. The SMILES string of the molecule is COc1ccc2c(O[C@@H]3C[C@H]4C(=O)N[C@]5(C(=O)O)C[C@H]5/C=C\CCCCCN(C)C(=O)N4C3)cc(-c3ccccc3)nc2c1. The van der Waals surface area contributed by atoms with Crippen LogP contribution in [0.1, 0.15) is 38.5 Å². The molecular formula is C34H38N4O6. The van der Waals surface area contributed by atoms with E-state index in [1.807, 2.05) is 66.7 Å². The van der Waals surface area contributed by atoms with Gasteiger partial charge < -0.3 is 29.7 Å². The number of fused-ring (bicyclic) bond motifs is 3. The molecule has 0 spiro atoms. The minimum absolute atomic E-state index is 0.186. The summed E-state index contributed by atoms with van der Waals surface area (Å²) in [7, 11) is 3.35. The Morgan fingerprint density at radius 3 is 2.68 bits per heavy atom. The number of ether oxygens (including phenoxy) is 2. The number of hydrogen-bond donors (Lipinski definition) is 2. The molecule has 3 aromatic rings. The molecule has 2 N–H and O–H groups in total. The van der Waals surface area contributed by atoms with Crippen LogP contribution in [-0.2, 0) is 9.59 Å². The molecule has 1 saturated carbocycles. The van der Waals surface area contributed by atoms with Gasteiger partial charge in [0.05, 0.1) is 24.9 Å². The van der Waals surface area contributed by atoms with Crippen molar-refractivity contribution >= 4 is 28.8 Å². The van der Waals surface area contributed by atoms with Crippen molar-refractivity contribution in [2.45, 2.75) is 56.2 Å². The van der Waals surface area contributed by atoms with E-state index in [0.29, 0.717) is 30.0 Å². The third-order valence-corrected chi connectivity index (χ3v) is 8.96. The molecule has 44 heavy (non-hydrogen) atoms. The number of carboxylic acids is 1. The summed E-state index contributed by atoms with van der Waals surface area (Å²) in [5, 5.41) is 13.7. The van der Waals surface area contributed by atoms with E-state index in [0.717, 1.165) is 42.3 Å². The van der Waals surface area contributed by atoms with Crippen LogP contribution in [0.25, 0.3) is 22.2 Å². The van der Waals surface area contributed by atoms with Gasteiger partial charge in [0.15, 0.2) is 0 Å². The monoisotopic (exact) mass is 598 g/mol. The molecule has 3 amide bonds. The van der Waals surface area contributed by atoms with Crippen LogP contribution in [0.15, 0.2) is 66.7 Å². The number of carbonyl (C=O) groups excluding carboxylic acids is 2. The van der Waals surface area contributed by atoms with Crippen LogP contribution in [0.5, 0.6) is 11.5 Å². The number of methoxy groups -OCH3 is 1. The minimum atomic E-state index is -1.35. The number of aromatic nitrogens is 1. The largest absolute Gasteiger partial charge is 0.497 e. The Hall–Kier alpha value is -4.60. The summed E-state index contributed by atoms with van der Waals surface area (Å²) in [6.45, 7) is 0.753. The fourth-order valence-electron chi connectivity index (χ4n) is 6.31. The van der Waals surface area contributed by atoms with Crippen molar-refractivity contribution in [2.24, 2.45) is 5.92 Å². The fourth-order valence-corrected chi connectivity index (χ4v) is 6.31. The van der Waals surface area contributed by atoms with Gasteiger partial charge in [-0.05, 0) is 37.8 Å². The minimum Gasteiger partial charge on any atom is -0.497 e. The Morgan fingerprint density at radius 1 is 1.09 bits per heavy atom. The van der Waals surface area contributed by atoms with Crippen LogP contribution >= 0.6 is 0 Å². The van der Waals surface area contributed by atoms with Gasteiger partial charge in [-0.15, -0.1) is 0 Å². The molecular weight excluding hydrogens is 560 g/mol. The van der Waals surface area contributed by atoms with Crippen molar-refractivity contribution in [2.75, 3.05) is 27.2 Å². The number of allylic oxidation sites excluding steroid dienone is 1. The standard InChI is InChI=1S/C34H38N4O6/c1-37-16-10-5-3-4-9-13-23-20-34(23,32(40)41)36-31(39)29-18-25(21-38(29)33(37)42)44-30-19-27(22-11-7-6-8-12-22)35-28-17-24(43-2)14-15-26(28)30/h6-9,11-15,17,19,23,25,29H,3-5,10,16,18,20-21H2,1-2H3,(H,36,39)(H,40,41)/b13-9-/t23-,25-,29+,34-/m1/s1. The van der Waals surface area contributed by atoms with E-state index < -0.39 is 29.6 Å². The maximum atomic E-state index is 13.8. The number of pyridine rings is 1. The lowest BCUT2D eigenvalue weighted by Crippen LogP contribution is -2.54. The molecule has 3 aliphatic rings. The molecule has 1 saturated heterocycles. The highest BCUT2D eigenvalue weighted by Gasteiger charge is 2.61. The van der Waals surface area contributed by atoms with Crippen molar-refractivity contribution in [1.82, 2.24) is 20.1 Å². The number of amides is 3. The average molecular weight is 599 g/mol. The number of benzene rings is 2. The van der Waals surface area contributed by atoms with Crippen LogP contribution in [0.4, 0.5) is 4.79 Å². The lowest BCUT2D eigenvalue weighted by molar-refractivity contribution is -0.144. The van der Waals surface area contributed by atoms with Gasteiger partial charge in [0.1, 0.15) is 29.2 Å². The smallest absolute Gasteiger partial charge is 0.330 e. The van der Waals surface area contributed by atoms with Crippen molar-refractivity contribution in [3.8, 4) is 22.8 Å². The van der Waals surface area contributed by atoms with Gasteiger partial charge in [0, 0.05) is 49.0 Å². The number of nitrogens with zero attached hydrogens (tertiary/aromatic N) is 3. The number of hydrogen-bond acceptors (Lipinski definition) is 6. The summed E-state index contributed by atoms with van der Waals surface area (Å²) in [6, 6.07) is 16.1. The van der Waals surface area contributed by atoms with Crippen LogP contribution in [-0.4, -0.2) is 82.7 Å². The molecule has 230 valence electrons. The number of urea groups is 1. The van der Waals surface area contributed by atoms with Crippen molar-refractivity contribution in [3.05, 3.63) is 66.7 Å².